The number of fused-ring (bicyclic) bond motifs is 1. The largest absolute Gasteiger partial charge is 0.478 e. The number of hydrogen-bond donors (Lipinski definition) is 1. The Bertz CT molecular complexity index is 1110. The summed E-state index contributed by atoms with van der Waals surface area (Å²) in [5.41, 5.74) is 5.55. The van der Waals surface area contributed by atoms with Crippen LogP contribution < -0.4 is 0 Å². The van der Waals surface area contributed by atoms with E-state index in [9.17, 15) is 9.90 Å². The first kappa shape index (κ1) is 20.0. The lowest BCUT2D eigenvalue weighted by Gasteiger charge is -2.11. The fraction of sp³-hybridized carbons (Fsp3) is 0.304. The second-order valence-corrected chi connectivity index (χ2v) is 9.22. The Morgan fingerprint density at radius 2 is 2.00 bits per heavy atom. The molecular weight excluding hydrogens is 400 g/mol. The number of carboxylic acids is 1. The number of aliphatic imine (C=N–C) groups is 1. The van der Waals surface area contributed by atoms with Crippen molar-refractivity contribution >= 4 is 41.0 Å². The maximum atomic E-state index is 12.1. The first-order valence-electron chi connectivity index (χ1n) is 9.75. The number of benzene rings is 1. The minimum atomic E-state index is -0.823. The molecule has 0 atom stereocenters. The highest BCUT2D eigenvalue weighted by Gasteiger charge is 2.27. The van der Waals surface area contributed by atoms with Gasteiger partial charge in [0.15, 0.2) is 0 Å². The van der Waals surface area contributed by atoms with Crippen molar-refractivity contribution in [2.75, 3.05) is 6.26 Å². The Labute approximate surface area is 179 Å². The smallest absolute Gasteiger partial charge is 0.339 e. The van der Waals surface area contributed by atoms with E-state index in [1.54, 1.807) is 23.1 Å². The first-order chi connectivity index (χ1) is 14.0. The molecule has 4 nitrogen and oxygen atoms in total. The van der Waals surface area contributed by atoms with Gasteiger partial charge in [-0.1, -0.05) is 12.1 Å². The van der Waals surface area contributed by atoms with E-state index in [1.807, 2.05) is 44.5 Å². The van der Waals surface area contributed by atoms with Gasteiger partial charge in [0, 0.05) is 32.9 Å². The number of nitrogens with zero attached hydrogens (tertiary/aromatic N) is 2. The summed E-state index contributed by atoms with van der Waals surface area (Å²) in [4.78, 5) is 19.2. The SMILES string of the molecule is CSc1ccccc1N=Cc1cc(C)n(-c2sc3c(c2C(=O)O)CCCC3)c1C. The number of thioether (sulfide) groups is 1. The highest BCUT2D eigenvalue weighted by Crippen LogP contribution is 2.38. The molecule has 0 aliphatic heterocycles. The van der Waals surface area contributed by atoms with Crippen LogP contribution in [0.2, 0.25) is 0 Å². The van der Waals surface area contributed by atoms with E-state index in [-0.39, 0.29) is 0 Å². The molecule has 150 valence electrons. The third kappa shape index (κ3) is 3.67. The van der Waals surface area contributed by atoms with Crippen LogP contribution in [0.5, 0.6) is 0 Å². The third-order valence-corrected chi connectivity index (χ3v) is 7.53. The van der Waals surface area contributed by atoms with E-state index in [4.69, 9.17) is 4.99 Å². The number of aromatic nitrogens is 1. The molecule has 0 saturated heterocycles. The van der Waals surface area contributed by atoms with E-state index in [0.717, 1.165) is 63.8 Å². The molecule has 0 fully saturated rings. The average Bonchev–Trinajstić information content (AvgIpc) is 3.23. The highest BCUT2D eigenvalue weighted by molar-refractivity contribution is 7.98. The lowest BCUT2D eigenvalue weighted by molar-refractivity contribution is 0.0696. The zero-order valence-electron chi connectivity index (χ0n) is 16.9. The van der Waals surface area contributed by atoms with Gasteiger partial charge in [-0.05, 0) is 69.5 Å². The number of para-hydroxylation sites is 1. The van der Waals surface area contributed by atoms with Crippen molar-refractivity contribution in [3.8, 4) is 5.00 Å². The van der Waals surface area contributed by atoms with Crippen LogP contribution in [0, 0.1) is 13.8 Å². The molecule has 29 heavy (non-hydrogen) atoms. The Morgan fingerprint density at radius 3 is 2.76 bits per heavy atom. The highest BCUT2D eigenvalue weighted by atomic mass is 32.2. The molecule has 2 heterocycles. The van der Waals surface area contributed by atoms with E-state index < -0.39 is 5.97 Å². The third-order valence-electron chi connectivity index (χ3n) is 5.47. The molecule has 2 aromatic heterocycles. The van der Waals surface area contributed by atoms with Crippen molar-refractivity contribution in [2.45, 2.75) is 44.4 Å². The summed E-state index contributed by atoms with van der Waals surface area (Å²) in [7, 11) is 0. The predicted molar refractivity (Wildman–Crippen MR) is 122 cm³/mol. The topological polar surface area (TPSA) is 54.6 Å². The Morgan fingerprint density at radius 1 is 1.24 bits per heavy atom. The van der Waals surface area contributed by atoms with Crippen LogP contribution in [0.25, 0.3) is 5.00 Å². The van der Waals surface area contributed by atoms with Gasteiger partial charge in [-0.2, -0.15) is 0 Å². The standard InChI is InChI=1S/C23H24N2O2S2/c1-14-12-16(13-24-18-9-5-7-11-20(18)28-3)15(2)25(14)22-21(23(26)27)17-8-4-6-10-19(17)29-22/h5,7,9,11-13H,4,6,8,10H2,1-3H3,(H,26,27). The van der Waals surface area contributed by atoms with Crippen LogP contribution in [0.4, 0.5) is 5.69 Å². The fourth-order valence-electron chi connectivity index (χ4n) is 4.04. The molecule has 0 radical (unpaired) electrons. The molecular formula is C23H24N2O2S2. The van der Waals surface area contributed by atoms with Gasteiger partial charge < -0.3 is 9.67 Å². The monoisotopic (exact) mass is 424 g/mol. The number of carboxylic acid groups (broad SMARTS) is 1. The summed E-state index contributed by atoms with van der Waals surface area (Å²) in [5, 5.41) is 10.8. The van der Waals surface area contributed by atoms with Crippen LogP contribution in [0.1, 0.15) is 50.6 Å². The molecule has 3 aromatic rings. The molecule has 1 aromatic carbocycles. The van der Waals surface area contributed by atoms with Crippen LogP contribution in [-0.2, 0) is 12.8 Å². The molecule has 0 unspecified atom stereocenters. The van der Waals surface area contributed by atoms with Crippen LogP contribution in [-0.4, -0.2) is 28.1 Å². The minimum absolute atomic E-state index is 0.489. The van der Waals surface area contributed by atoms with E-state index in [0.29, 0.717) is 5.56 Å². The normalized spacial score (nSPS) is 13.8. The maximum absolute atomic E-state index is 12.1. The molecule has 0 spiro atoms. The second-order valence-electron chi connectivity index (χ2n) is 7.29. The molecule has 1 aliphatic rings. The maximum Gasteiger partial charge on any atom is 0.339 e. The van der Waals surface area contributed by atoms with Crippen molar-refractivity contribution in [3.05, 3.63) is 63.3 Å². The van der Waals surface area contributed by atoms with Gasteiger partial charge in [0.25, 0.3) is 0 Å². The van der Waals surface area contributed by atoms with Crippen LogP contribution in [0.3, 0.4) is 0 Å². The van der Waals surface area contributed by atoms with Gasteiger partial charge >= 0.3 is 5.97 Å². The summed E-state index contributed by atoms with van der Waals surface area (Å²) in [6.45, 7) is 4.07. The van der Waals surface area contributed by atoms with Gasteiger partial charge in [0.2, 0.25) is 0 Å². The van der Waals surface area contributed by atoms with Crippen molar-refractivity contribution < 1.29 is 9.90 Å². The summed E-state index contributed by atoms with van der Waals surface area (Å²) in [5.74, 6) is -0.823. The zero-order valence-corrected chi connectivity index (χ0v) is 18.5. The molecule has 0 bridgehead atoms. The summed E-state index contributed by atoms with van der Waals surface area (Å²) in [6.07, 6.45) is 8.00. The Balaban J connectivity index is 1.78. The quantitative estimate of drug-likeness (QED) is 0.391. The van der Waals surface area contributed by atoms with Gasteiger partial charge in [-0.25, -0.2) is 4.79 Å². The number of rotatable bonds is 5. The molecule has 6 heteroatoms. The summed E-state index contributed by atoms with van der Waals surface area (Å²) >= 11 is 3.32. The Kier molecular flexibility index (Phi) is 5.65. The number of carbonyl (C=O) groups is 1. The summed E-state index contributed by atoms with van der Waals surface area (Å²) < 4.78 is 2.09. The number of aryl methyl sites for hydroxylation is 2. The lowest BCUT2D eigenvalue weighted by Crippen LogP contribution is -2.09. The number of aromatic carboxylic acids is 1. The van der Waals surface area contributed by atoms with E-state index in [2.05, 4.69) is 16.7 Å². The number of thiophene rings is 1. The fourth-order valence-corrected chi connectivity index (χ4v) is 6.07. The van der Waals surface area contributed by atoms with Gasteiger partial charge in [0.1, 0.15) is 5.00 Å². The van der Waals surface area contributed by atoms with Gasteiger partial charge in [-0.15, -0.1) is 23.1 Å². The van der Waals surface area contributed by atoms with Crippen LogP contribution in [0.15, 0.2) is 40.2 Å². The molecule has 1 N–H and O–H groups in total. The molecule has 0 amide bonds. The molecule has 4 rings (SSSR count). The van der Waals surface area contributed by atoms with Gasteiger partial charge in [-0.3, -0.25) is 4.99 Å². The minimum Gasteiger partial charge on any atom is -0.478 e. The molecule has 0 saturated carbocycles. The van der Waals surface area contributed by atoms with E-state index in [1.165, 1.54) is 4.88 Å². The van der Waals surface area contributed by atoms with Crippen molar-refractivity contribution in [2.24, 2.45) is 4.99 Å². The van der Waals surface area contributed by atoms with Crippen LogP contribution >= 0.6 is 23.1 Å². The van der Waals surface area contributed by atoms with Crippen molar-refractivity contribution in [1.29, 1.82) is 0 Å². The zero-order chi connectivity index (χ0) is 20.5. The van der Waals surface area contributed by atoms with Gasteiger partial charge in [0.05, 0.1) is 11.3 Å². The van der Waals surface area contributed by atoms with Crippen molar-refractivity contribution in [1.82, 2.24) is 4.57 Å². The lowest BCUT2D eigenvalue weighted by atomic mass is 9.95. The predicted octanol–water partition coefficient (Wildman–Crippen LogP) is 6.21. The average molecular weight is 425 g/mol. The first-order valence-corrected chi connectivity index (χ1v) is 11.8. The van der Waals surface area contributed by atoms with Crippen molar-refractivity contribution in [3.63, 3.8) is 0 Å². The number of hydrogen-bond acceptors (Lipinski definition) is 4. The summed E-state index contributed by atoms with van der Waals surface area (Å²) in [6, 6.07) is 10.2. The Hall–Kier alpha value is -2.31. The van der Waals surface area contributed by atoms with E-state index >= 15 is 0 Å². The second kappa shape index (κ2) is 8.20. The molecule has 1 aliphatic carbocycles.